The Morgan fingerprint density at radius 3 is 2.43 bits per heavy atom. The van der Waals surface area contributed by atoms with Crippen LogP contribution < -0.4 is 28.3 Å². The number of aliphatic imine (C=N–C) groups is 1. The van der Waals surface area contributed by atoms with E-state index in [-0.39, 0.29) is 5.96 Å². The third kappa shape index (κ3) is 8.82. The van der Waals surface area contributed by atoms with Crippen LogP contribution in [0.5, 0.6) is 0 Å². The first-order valence-electron chi connectivity index (χ1n) is 6.81. The standard InChI is InChI=1S/C12H26N6O3/c1-21-11(20)9(5-2-6-13)18-10(19)8(14)4-3-7-17-12(15)16/h8-9H,2-7,13-14H2,1H3,(H,18,19)(H4,15,16,17)/t8-,9-/m0/s1. The lowest BCUT2D eigenvalue weighted by molar-refractivity contribution is -0.145. The molecule has 122 valence electrons. The second-order valence-electron chi connectivity index (χ2n) is 4.57. The molecule has 21 heavy (non-hydrogen) atoms. The fraction of sp³-hybridized carbons (Fsp3) is 0.750. The van der Waals surface area contributed by atoms with E-state index in [1.165, 1.54) is 7.11 Å². The summed E-state index contributed by atoms with van der Waals surface area (Å²) in [6.45, 7) is 0.824. The third-order valence-electron chi connectivity index (χ3n) is 2.80. The van der Waals surface area contributed by atoms with E-state index in [9.17, 15) is 9.59 Å². The number of nitrogens with two attached hydrogens (primary N) is 4. The normalized spacial score (nSPS) is 13.1. The van der Waals surface area contributed by atoms with Gasteiger partial charge >= 0.3 is 5.97 Å². The van der Waals surface area contributed by atoms with Gasteiger partial charge in [-0.3, -0.25) is 9.79 Å². The highest BCUT2D eigenvalue weighted by molar-refractivity contribution is 5.87. The number of guanidine groups is 1. The van der Waals surface area contributed by atoms with Crippen molar-refractivity contribution in [2.24, 2.45) is 27.9 Å². The molecule has 0 aliphatic carbocycles. The zero-order valence-corrected chi connectivity index (χ0v) is 12.4. The number of hydrogen-bond acceptors (Lipinski definition) is 6. The number of carbonyl (C=O) groups excluding carboxylic acids is 2. The molecule has 0 spiro atoms. The number of ether oxygens (including phenoxy) is 1. The molecule has 9 heteroatoms. The van der Waals surface area contributed by atoms with Gasteiger partial charge in [0.1, 0.15) is 6.04 Å². The Morgan fingerprint density at radius 1 is 1.24 bits per heavy atom. The Kier molecular flexibility index (Phi) is 9.90. The van der Waals surface area contributed by atoms with Crippen LogP contribution in [0.4, 0.5) is 0 Å². The summed E-state index contributed by atoms with van der Waals surface area (Å²) in [5, 5.41) is 2.57. The van der Waals surface area contributed by atoms with Crippen molar-refractivity contribution in [3.8, 4) is 0 Å². The van der Waals surface area contributed by atoms with Crippen LogP contribution in [0.1, 0.15) is 25.7 Å². The average molecular weight is 302 g/mol. The second-order valence-corrected chi connectivity index (χ2v) is 4.57. The van der Waals surface area contributed by atoms with Crippen molar-refractivity contribution in [1.29, 1.82) is 0 Å². The van der Waals surface area contributed by atoms with Crippen molar-refractivity contribution in [1.82, 2.24) is 5.32 Å². The SMILES string of the molecule is COC(=O)[C@H](CCCN)NC(=O)[C@@H](N)CCCN=C(N)N. The summed E-state index contributed by atoms with van der Waals surface area (Å²) in [5.74, 6) is -0.919. The first-order chi connectivity index (χ1) is 9.92. The summed E-state index contributed by atoms with van der Waals surface area (Å²) >= 11 is 0. The maximum atomic E-state index is 11.9. The number of methoxy groups -OCH3 is 1. The van der Waals surface area contributed by atoms with Crippen molar-refractivity contribution in [2.45, 2.75) is 37.8 Å². The summed E-state index contributed by atoms with van der Waals surface area (Å²) < 4.78 is 4.63. The molecule has 9 N–H and O–H groups in total. The third-order valence-corrected chi connectivity index (χ3v) is 2.80. The van der Waals surface area contributed by atoms with E-state index in [0.717, 1.165) is 0 Å². The highest BCUT2D eigenvalue weighted by atomic mass is 16.5. The van der Waals surface area contributed by atoms with Crippen molar-refractivity contribution in [3.63, 3.8) is 0 Å². The van der Waals surface area contributed by atoms with Gasteiger partial charge in [-0.1, -0.05) is 0 Å². The van der Waals surface area contributed by atoms with E-state index >= 15 is 0 Å². The number of hydrogen-bond donors (Lipinski definition) is 5. The van der Waals surface area contributed by atoms with Crippen LogP contribution in [0.25, 0.3) is 0 Å². The summed E-state index contributed by atoms with van der Waals surface area (Å²) in [5.41, 5.74) is 21.5. The van der Waals surface area contributed by atoms with Crippen LogP contribution in [-0.2, 0) is 14.3 Å². The zero-order chi connectivity index (χ0) is 16.3. The van der Waals surface area contributed by atoms with Crippen molar-refractivity contribution < 1.29 is 14.3 Å². The van der Waals surface area contributed by atoms with Gasteiger partial charge in [-0.05, 0) is 32.2 Å². The zero-order valence-electron chi connectivity index (χ0n) is 12.4. The van der Waals surface area contributed by atoms with E-state index in [2.05, 4.69) is 15.0 Å². The predicted octanol–water partition coefficient (Wildman–Crippen LogP) is -2.24. The number of nitrogens with zero attached hydrogens (tertiary/aromatic N) is 1. The van der Waals surface area contributed by atoms with Gasteiger partial charge in [-0.15, -0.1) is 0 Å². The van der Waals surface area contributed by atoms with Crippen LogP contribution in [0, 0.1) is 0 Å². The Bertz CT molecular complexity index is 357. The van der Waals surface area contributed by atoms with Crippen LogP contribution in [0.15, 0.2) is 4.99 Å². The maximum Gasteiger partial charge on any atom is 0.328 e. The van der Waals surface area contributed by atoms with E-state index in [1.54, 1.807) is 0 Å². The van der Waals surface area contributed by atoms with Gasteiger partial charge in [0.25, 0.3) is 0 Å². The lowest BCUT2D eigenvalue weighted by atomic mass is 10.1. The topological polar surface area (TPSA) is 172 Å². The molecule has 9 nitrogen and oxygen atoms in total. The largest absolute Gasteiger partial charge is 0.467 e. The molecule has 0 bridgehead atoms. The quantitative estimate of drug-likeness (QED) is 0.131. The summed E-state index contributed by atoms with van der Waals surface area (Å²) in [6, 6.07) is -1.46. The number of nitrogens with one attached hydrogen (secondary N) is 1. The number of rotatable bonds is 10. The summed E-state index contributed by atoms with van der Waals surface area (Å²) in [4.78, 5) is 27.2. The van der Waals surface area contributed by atoms with Crippen LogP contribution in [0.3, 0.4) is 0 Å². The maximum absolute atomic E-state index is 11.9. The van der Waals surface area contributed by atoms with Crippen LogP contribution >= 0.6 is 0 Å². The van der Waals surface area contributed by atoms with Gasteiger partial charge in [0.2, 0.25) is 5.91 Å². The molecular weight excluding hydrogens is 276 g/mol. The highest BCUT2D eigenvalue weighted by Crippen LogP contribution is 2.01. The fourth-order valence-electron chi connectivity index (χ4n) is 1.64. The molecule has 0 rings (SSSR count). The Balaban J connectivity index is 4.26. The van der Waals surface area contributed by atoms with Gasteiger partial charge < -0.3 is 33.0 Å². The van der Waals surface area contributed by atoms with Gasteiger partial charge in [0, 0.05) is 6.54 Å². The predicted molar refractivity (Wildman–Crippen MR) is 80.1 cm³/mol. The molecule has 0 unspecified atom stereocenters. The fourth-order valence-corrected chi connectivity index (χ4v) is 1.64. The van der Waals surface area contributed by atoms with E-state index < -0.39 is 24.0 Å². The van der Waals surface area contributed by atoms with Crippen molar-refractivity contribution >= 4 is 17.8 Å². The lowest BCUT2D eigenvalue weighted by Gasteiger charge is -2.18. The van der Waals surface area contributed by atoms with Crippen molar-refractivity contribution in [3.05, 3.63) is 0 Å². The van der Waals surface area contributed by atoms with Crippen molar-refractivity contribution in [2.75, 3.05) is 20.2 Å². The van der Waals surface area contributed by atoms with Crippen LogP contribution in [0.2, 0.25) is 0 Å². The van der Waals surface area contributed by atoms with E-state index in [4.69, 9.17) is 22.9 Å². The van der Waals surface area contributed by atoms with Gasteiger partial charge in [-0.25, -0.2) is 4.79 Å². The van der Waals surface area contributed by atoms with Gasteiger partial charge in [0.05, 0.1) is 13.2 Å². The molecule has 0 aromatic rings. The Hall–Kier alpha value is -1.87. The average Bonchev–Trinajstić information content (AvgIpc) is 2.46. The minimum Gasteiger partial charge on any atom is -0.467 e. The molecular formula is C12H26N6O3. The Labute approximate surface area is 124 Å². The molecule has 0 aliphatic rings. The molecule has 0 saturated carbocycles. The van der Waals surface area contributed by atoms with E-state index in [1.807, 2.05) is 0 Å². The smallest absolute Gasteiger partial charge is 0.328 e. The number of carbonyl (C=O) groups is 2. The molecule has 1 amide bonds. The minimum atomic E-state index is -0.732. The first-order valence-corrected chi connectivity index (χ1v) is 6.81. The molecule has 0 aromatic carbocycles. The lowest BCUT2D eigenvalue weighted by Crippen LogP contribution is -2.48. The Morgan fingerprint density at radius 2 is 1.90 bits per heavy atom. The van der Waals surface area contributed by atoms with Gasteiger partial charge in [0.15, 0.2) is 5.96 Å². The number of esters is 1. The molecule has 0 fully saturated rings. The number of amides is 1. The minimum absolute atomic E-state index is 0.000521. The van der Waals surface area contributed by atoms with Crippen LogP contribution in [-0.4, -0.2) is 50.1 Å². The summed E-state index contributed by atoms with van der Waals surface area (Å²) in [7, 11) is 1.26. The summed E-state index contributed by atoms with van der Waals surface area (Å²) in [6.07, 6.45) is 1.99. The molecule has 0 saturated heterocycles. The highest BCUT2D eigenvalue weighted by Gasteiger charge is 2.23. The molecule has 0 aromatic heterocycles. The van der Waals surface area contributed by atoms with E-state index in [0.29, 0.717) is 38.8 Å². The molecule has 2 atom stereocenters. The molecule has 0 aliphatic heterocycles. The first kappa shape index (κ1) is 19.1. The second kappa shape index (κ2) is 10.9. The molecule has 0 heterocycles. The van der Waals surface area contributed by atoms with Gasteiger partial charge in [-0.2, -0.15) is 0 Å². The monoisotopic (exact) mass is 302 g/mol. The molecule has 0 radical (unpaired) electrons.